The van der Waals surface area contributed by atoms with Gasteiger partial charge in [0.2, 0.25) is 41.2 Å². The molecule has 3 saturated carbocycles. The van der Waals surface area contributed by atoms with Gasteiger partial charge in [-0.25, -0.2) is 23.1 Å². The molecule has 6 aliphatic carbocycles. The summed E-state index contributed by atoms with van der Waals surface area (Å²) in [6, 6.07) is 7.98. The molecule has 0 bridgehead atoms. The van der Waals surface area contributed by atoms with Crippen molar-refractivity contribution >= 4 is 76.3 Å². The lowest BCUT2D eigenvalue weighted by Crippen LogP contribution is -2.71. The minimum atomic E-state index is -2.37. The van der Waals surface area contributed by atoms with Crippen molar-refractivity contribution in [3.05, 3.63) is 89.3 Å². The Morgan fingerprint density at radius 3 is 1.93 bits per heavy atom. The van der Waals surface area contributed by atoms with E-state index in [-0.39, 0.29) is 146 Å². The first-order valence-electron chi connectivity index (χ1n) is 51.7. The monoisotopic (exact) mass is 2040 g/mol. The predicted octanol–water partition coefficient (Wildman–Crippen LogP) is 8.28. The lowest BCUT2D eigenvalue weighted by molar-refractivity contribution is -0.870. The van der Waals surface area contributed by atoms with Gasteiger partial charge in [0.25, 0.3) is 0 Å². The van der Waals surface area contributed by atoms with Crippen LogP contribution in [0.5, 0.6) is 5.75 Å². The van der Waals surface area contributed by atoms with E-state index in [1.54, 1.807) is 45.0 Å². The highest BCUT2D eigenvalue weighted by Crippen LogP contribution is 2.72. The van der Waals surface area contributed by atoms with Crippen molar-refractivity contribution in [2.24, 2.45) is 34.3 Å². The largest absolute Gasteiger partial charge is 0.486 e. The summed E-state index contributed by atoms with van der Waals surface area (Å²) in [7, 11) is 6.33. The average molecular weight is 2040 g/mol. The van der Waals surface area contributed by atoms with E-state index in [9.17, 15) is 57.8 Å². The number of primary amides is 1. The number of Topliss-reactive ketones (excluding diaryl/α,β-unsaturated/α-hetero) is 2. The van der Waals surface area contributed by atoms with Crippen molar-refractivity contribution < 1.29 is 137 Å². The lowest BCUT2D eigenvalue weighted by atomic mass is 9.44. The number of carbonyl (C=O) groups excluding carboxylic acids is 11. The molecule has 1 aliphatic heterocycles. The first-order valence-corrected chi connectivity index (χ1v) is 51.7. The molecular formula is C104H156F2N13O26+. The van der Waals surface area contributed by atoms with Crippen molar-refractivity contribution in [1.29, 1.82) is 0 Å². The zero-order valence-corrected chi connectivity index (χ0v) is 85.7. The number of rotatable bonds is 66. The minimum Gasteiger partial charge on any atom is -0.486 e. The molecule has 11 N–H and O–H groups in total. The average Bonchev–Trinajstić information content (AvgIpc) is 1.53. The summed E-state index contributed by atoms with van der Waals surface area (Å²) in [4.78, 5) is 147. The normalized spacial score (nSPS) is 23.7. The van der Waals surface area contributed by atoms with Crippen LogP contribution < -0.4 is 53.0 Å². The molecule has 41 heteroatoms. The number of nitrogens with two attached hydrogens (primary N) is 1. The number of nitrogens with zero attached hydrogens (tertiary/aromatic N) is 4. The van der Waals surface area contributed by atoms with E-state index in [1.165, 1.54) is 43.3 Å². The Labute approximate surface area is 849 Å². The van der Waals surface area contributed by atoms with Crippen LogP contribution in [0.3, 0.4) is 0 Å². The van der Waals surface area contributed by atoms with Gasteiger partial charge in [0.15, 0.2) is 23.3 Å². The summed E-state index contributed by atoms with van der Waals surface area (Å²) >= 11 is 0. The van der Waals surface area contributed by atoms with E-state index in [2.05, 4.69) is 85.8 Å². The molecule has 2 heterocycles. The Hall–Kier alpha value is -9.91. The van der Waals surface area contributed by atoms with E-state index in [0.29, 0.717) is 153 Å². The number of aliphatic hydroxyl groups excluding tert-OH is 1. The van der Waals surface area contributed by atoms with Crippen LogP contribution in [0, 0.1) is 40.4 Å². The van der Waals surface area contributed by atoms with Crippen LogP contribution in [0.1, 0.15) is 205 Å². The Morgan fingerprint density at radius 1 is 0.641 bits per heavy atom. The van der Waals surface area contributed by atoms with Crippen molar-refractivity contribution in [2.45, 2.75) is 268 Å². The number of amides is 9. The summed E-state index contributed by atoms with van der Waals surface area (Å²) in [5.41, 5.74) is 1.18. The molecule has 806 valence electrons. The molecule has 15 atom stereocenters. The minimum absolute atomic E-state index is 0.00732. The number of alkyl halides is 2. The highest BCUT2D eigenvalue weighted by atomic mass is 19.1. The van der Waals surface area contributed by atoms with E-state index in [0.717, 1.165) is 87.0 Å². The molecule has 1 saturated heterocycles. The fourth-order valence-electron chi connectivity index (χ4n) is 19.9. The second-order valence-corrected chi connectivity index (χ2v) is 39.8. The van der Waals surface area contributed by atoms with Crippen LogP contribution >= 0.6 is 0 Å². The molecule has 2 aromatic carbocycles. The molecule has 145 heavy (non-hydrogen) atoms. The fourth-order valence-corrected chi connectivity index (χ4v) is 19.9. The van der Waals surface area contributed by atoms with Gasteiger partial charge in [-0.1, -0.05) is 82.7 Å². The molecule has 39 nitrogen and oxygen atoms in total. The van der Waals surface area contributed by atoms with Crippen LogP contribution in [-0.2, 0) is 124 Å². The molecule has 9 amide bonds. The topological polar surface area (TPSA) is 490 Å². The molecule has 4 fully saturated rings. The third kappa shape index (κ3) is 36.0. The van der Waals surface area contributed by atoms with E-state index < -0.39 is 143 Å². The number of nitrogens with one attached hydrogen (secondary N) is 8. The zero-order chi connectivity index (χ0) is 104. The maximum atomic E-state index is 18.1. The van der Waals surface area contributed by atoms with Crippen molar-refractivity contribution in [3.8, 4) is 17.6 Å². The molecular weight excluding hydrogens is 1890 g/mol. The number of carbonyl (C=O) groups is 11. The Bertz CT molecular complexity index is 4770. The highest BCUT2D eigenvalue weighted by Gasteiger charge is 2.80. The second kappa shape index (κ2) is 59.9. The quantitative estimate of drug-likeness (QED) is 0.0144. The Morgan fingerprint density at radius 2 is 1.26 bits per heavy atom. The van der Waals surface area contributed by atoms with Crippen LogP contribution in [-0.4, -0.2) is 323 Å². The van der Waals surface area contributed by atoms with E-state index >= 15 is 8.78 Å². The third-order valence-corrected chi connectivity index (χ3v) is 27.6. The number of ketones is 3. The molecule has 3 aromatic rings. The number of quaternary nitrogens is 1. The number of aromatic nitrogens is 3. The highest BCUT2D eigenvalue weighted by molar-refractivity contribution is 6.02. The zero-order valence-electron chi connectivity index (χ0n) is 85.7. The van der Waals surface area contributed by atoms with Crippen LogP contribution in [0.25, 0.3) is 0 Å². The number of urea groups is 1. The number of halogens is 2. The molecule has 3 unspecified atom stereocenters. The number of unbranched alkanes of at least 4 members (excludes halogenated alkanes) is 1. The molecule has 7 aliphatic rings. The van der Waals surface area contributed by atoms with Gasteiger partial charge in [0.1, 0.15) is 80.2 Å². The molecule has 1 aromatic heterocycles. The fraction of sp³-hybridized carbons (Fsp3) is 0.702. The van der Waals surface area contributed by atoms with Gasteiger partial charge < -0.3 is 119 Å². The van der Waals surface area contributed by atoms with Gasteiger partial charge in [-0.15, -0.1) is 11.0 Å². The number of benzene rings is 2. The summed E-state index contributed by atoms with van der Waals surface area (Å²) < 4.78 is 119. The standard InChI is InChI=1S/C104H155F2N13O26/c1-9-22-93-144-89-65-79-80-64-82(105)81-63-76(121)38-41-101(81,4)103(80,106)87(122)66-102(79,5)104(89,145-93)88(123)68-140-78-36-34-74(35-37-78)112-100(131)143-67-72-30-32-73(33-31-72)111-96(127)84(27-20-43-110-99(107)130)114-98(129)94(71(2)3)115-97(128)83(113-90(124)40-48-133-52-56-137-59-61-138-57-53-134-49-44-109-91(125)69-141-77-24-14-11-10-12-15-25-77)26-18-19-42-108-92(126)70-142-86-29-17-13-16-28-85-95(86)116-117-118(85)45-50-135-54-58-139-62-60-136-55-51-132-47-39-75(120)23-21-46-119(6,7)8/h30-38,41,63,71,77,79-80,82-84,86-87,89,93-94,122H,9-14,16-24,26-29,39-40,42-62,64-70H2,1-8H3,(H9-,107,108,109,110,111,112,113,114,115,124,125,126,127,128,129,130,131)/p+1/t77?,79-,80-,82-,83+,84-,86?,87-,89+,93?,94-,101-,102-,103-,104+/m0/s1. The van der Waals surface area contributed by atoms with Crippen molar-refractivity contribution in [2.75, 3.05) is 183 Å². The van der Waals surface area contributed by atoms with Gasteiger partial charge in [-0.3, -0.25) is 48.5 Å². The molecule has 0 spiro atoms. The third-order valence-electron chi connectivity index (χ3n) is 27.6. The number of hydrogen-bond acceptors (Lipinski definition) is 28. The molecule has 0 radical (unpaired) electrons. The first kappa shape index (κ1) is 117. The summed E-state index contributed by atoms with van der Waals surface area (Å²) in [5.74, 6) is 0.173. The number of fused-ring (bicyclic) bond motifs is 8. The van der Waals surface area contributed by atoms with Gasteiger partial charge in [0.05, 0.1) is 158 Å². The smallest absolute Gasteiger partial charge is 0.411 e. The summed E-state index contributed by atoms with van der Waals surface area (Å²) in [6.07, 6.45) is 9.57. The van der Waals surface area contributed by atoms with Gasteiger partial charge in [-0.05, 0) is 175 Å². The number of hydrogen-bond donors (Lipinski definition) is 10. The second-order valence-electron chi connectivity index (χ2n) is 39.8. The summed E-state index contributed by atoms with van der Waals surface area (Å²) in [6.45, 7) is 14.4. The first-order chi connectivity index (χ1) is 69.7. The SMILES string of the molecule is CCCC1O[C@@H]2C[C@H]3[C@@H]4C[C@H](F)C5=CC(=O)C=C[C@]5(C)[C@@]4(F)[C@@H](O)C[C@]3(C)[C@]2(C(=O)COc2ccc(NC(=O)OCc3ccc(NC(=O)[C@H](CCCNC(N)=O)NC(=O)[C@@H](NC(=O)[C@@H](CCCCNC(=O)COC4CCCCCc5c4nnn5CCOCCOCCOCCOCCC(=O)CCC[N+](C)(C)C)NC(=O)CCOCCOCCOCCOCCNC(=O)COC4C#CCCCCC4)C(C)C)cc3)cc2)O1. The van der Waals surface area contributed by atoms with Crippen LogP contribution in [0.15, 0.2) is 72.3 Å². The van der Waals surface area contributed by atoms with Crippen LogP contribution in [0.4, 0.5) is 29.7 Å². The Kier molecular flexibility index (Phi) is 48.3. The molecule has 10 rings (SSSR count). The predicted molar refractivity (Wildman–Crippen MR) is 529 cm³/mol. The number of aliphatic hydroxyl groups is 1. The number of allylic oxidation sites excluding steroid dienone is 4. The van der Waals surface area contributed by atoms with Gasteiger partial charge in [0, 0.05) is 79.9 Å². The summed E-state index contributed by atoms with van der Waals surface area (Å²) in [5, 5.41) is 43.1. The number of anilines is 2. The van der Waals surface area contributed by atoms with Gasteiger partial charge >= 0.3 is 12.1 Å². The maximum Gasteiger partial charge on any atom is 0.411 e. The lowest BCUT2D eigenvalue weighted by Gasteiger charge is -2.63. The number of ether oxygens (including phenoxy) is 14. The van der Waals surface area contributed by atoms with Crippen molar-refractivity contribution in [1.82, 2.24) is 46.9 Å². The van der Waals surface area contributed by atoms with E-state index in [4.69, 9.17) is 72.0 Å². The van der Waals surface area contributed by atoms with Gasteiger partial charge in [-0.2, -0.15) is 0 Å². The van der Waals surface area contributed by atoms with E-state index in [1.807, 2.05) is 11.6 Å². The maximum absolute atomic E-state index is 18.1. The van der Waals surface area contributed by atoms with Crippen LogP contribution in [0.2, 0.25) is 0 Å². The Balaban J connectivity index is 0.666. The van der Waals surface area contributed by atoms with Crippen molar-refractivity contribution in [3.63, 3.8) is 0 Å².